The highest BCUT2D eigenvalue weighted by Gasteiger charge is 2.28. The Bertz CT molecular complexity index is 1030. The highest BCUT2D eigenvalue weighted by molar-refractivity contribution is 6.02. The number of primary amides is 1. The minimum Gasteiger partial charge on any atom is -0.497 e. The van der Waals surface area contributed by atoms with Crippen LogP contribution in [0.4, 0.5) is 0 Å². The van der Waals surface area contributed by atoms with Crippen molar-refractivity contribution in [2.24, 2.45) is 11.7 Å². The second-order valence-electron chi connectivity index (χ2n) is 7.52. The molecule has 0 spiro atoms. The predicted molar refractivity (Wildman–Crippen MR) is 114 cm³/mol. The van der Waals surface area contributed by atoms with Crippen molar-refractivity contribution in [2.45, 2.75) is 26.7 Å². The SMILES string of the molecule is COc1ccc(-n2c(C)cc(/C=C(/C#N)C(=O)N3CCCC(C(N)=O)C3)c2C)cc1. The van der Waals surface area contributed by atoms with Gasteiger partial charge >= 0.3 is 0 Å². The molecule has 1 aliphatic rings. The molecule has 0 bridgehead atoms. The summed E-state index contributed by atoms with van der Waals surface area (Å²) in [5, 5.41) is 9.63. The fourth-order valence-electron chi connectivity index (χ4n) is 3.92. The van der Waals surface area contributed by atoms with Crippen molar-refractivity contribution >= 4 is 17.9 Å². The Kier molecular flexibility index (Phi) is 6.26. The van der Waals surface area contributed by atoms with Gasteiger partial charge in [-0.3, -0.25) is 9.59 Å². The molecular weight excluding hydrogens is 380 g/mol. The van der Waals surface area contributed by atoms with Crippen molar-refractivity contribution in [3.8, 4) is 17.5 Å². The average Bonchev–Trinajstić information content (AvgIpc) is 3.04. The third kappa shape index (κ3) is 4.23. The summed E-state index contributed by atoms with van der Waals surface area (Å²) in [4.78, 5) is 26.0. The molecule has 0 saturated carbocycles. The quantitative estimate of drug-likeness (QED) is 0.609. The molecule has 1 aliphatic heterocycles. The second-order valence-corrected chi connectivity index (χ2v) is 7.52. The van der Waals surface area contributed by atoms with Gasteiger partial charge in [0.25, 0.3) is 5.91 Å². The van der Waals surface area contributed by atoms with E-state index in [-0.39, 0.29) is 23.9 Å². The van der Waals surface area contributed by atoms with Gasteiger partial charge in [0.05, 0.1) is 13.0 Å². The number of aryl methyl sites for hydroxylation is 1. The Balaban J connectivity index is 1.90. The number of nitriles is 1. The molecule has 1 saturated heterocycles. The zero-order chi connectivity index (χ0) is 21.8. The van der Waals surface area contributed by atoms with Crippen LogP contribution in [-0.4, -0.2) is 41.5 Å². The van der Waals surface area contributed by atoms with E-state index in [1.165, 1.54) is 0 Å². The molecule has 30 heavy (non-hydrogen) atoms. The topological polar surface area (TPSA) is 101 Å². The first-order valence-corrected chi connectivity index (χ1v) is 9.89. The number of piperidine rings is 1. The highest BCUT2D eigenvalue weighted by atomic mass is 16.5. The maximum atomic E-state index is 12.9. The zero-order valence-corrected chi connectivity index (χ0v) is 17.5. The summed E-state index contributed by atoms with van der Waals surface area (Å²) in [6, 6.07) is 11.7. The summed E-state index contributed by atoms with van der Waals surface area (Å²) in [7, 11) is 1.62. The van der Waals surface area contributed by atoms with Gasteiger partial charge in [-0.2, -0.15) is 5.26 Å². The van der Waals surface area contributed by atoms with E-state index in [4.69, 9.17) is 10.5 Å². The molecule has 156 valence electrons. The summed E-state index contributed by atoms with van der Waals surface area (Å²) in [6.45, 7) is 4.71. The van der Waals surface area contributed by atoms with Crippen molar-refractivity contribution in [2.75, 3.05) is 20.2 Å². The summed E-state index contributed by atoms with van der Waals surface area (Å²) in [5.41, 5.74) is 9.14. The van der Waals surface area contributed by atoms with Gasteiger partial charge in [0.2, 0.25) is 5.91 Å². The van der Waals surface area contributed by atoms with Gasteiger partial charge in [0.15, 0.2) is 0 Å². The molecule has 2 heterocycles. The summed E-state index contributed by atoms with van der Waals surface area (Å²) < 4.78 is 7.28. The van der Waals surface area contributed by atoms with Crippen LogP contribution in [0.25, 0.3) is 11.8 Å². The molecule has 1 aromatic carbocycles. The van der Waals surface area contributed by atoms with Crippen molar-refractivity contribution in [1.82, 2.24) is 9.47 Å². The number of methoxy groups -OCH3 is 1. The molecule has 7 nitrogen and oxygen atoms in total. The molecule has 2 amide bonds. The van der Waals surface area contributed by atoms with Crippen LogP contribution in [0.1, 0.15) is 29.8 Å². The van der Waals surface area contributed by atoms with Gasteiger partial charge in [-0.1, -0.05) is 0 Å². The first-order valence-electron chi connectivity index (χ1n) is 9.89. The smallest absolute Gasteiger partial charge is 0.264 e. The molecule has 1 atom stereocenters. The normalized spacial score (nSPS) is 16.8. The number of rotatable bonds is 5. The highest BCUT2D eigenvalue weighted by Crippen LogP contribution is 2.25. The zero-order valence-electron chi connectivity index (χ0n) is 17.5. The minimum absolute atomic E-state index is 0.0510. The minimum atomic E-state index is -0.405. The van der Waals surface area contributed by atoms with E-state index in [9.17, 15) is 14.9 Å². The van der Waals surface area contributed by atoms with Crippen LogP contribution in [0.2, 0.25) is 0 Å². The number of hydrogen-bond acceptors (Lipinski definition) is 4. The fraction of sp³-hybridized carbons (Fsp3) is 0.348. The lowest BCUT2D eigenvalue weighted by Crippen LogP contribution is -2.44. The van der Waals surface area contributed by atoms with Crippen LogP contribution >= 0.6 is 0 Å². The Morgan fingerprint density at radius 3 is 2.57 bits per heavy atom. The van der Waals surface area contributed by atoms with Crippen molar-refractivity contribution < 1.29 is 14.3 Å². The third-order valence-electron chi connectivity index (χ3n) is 5.56. The summed E-state index contributed by atoms with van der Waals surface area (Å²) in [5.74, 6) is -0.354. The monoisotopic (exact) mass is 406 g/mol. The maximum Gasteiger partial charge on any atom is 0.264 e. The fourth-order valence-corrected chi connectivity index (χ4v) is 3.92. The molecule has 2 aromatic rings. The number of benzene rings is 1. The standard InChI is InChI=1S/C23H26N4O3/c1-15-11-18(16(2)27(15)20-6-8-21(30-3)9-7-20)12-19(13-24)23(29)26-10-4-5-17(14-26)22(25)28/h6-9,11-12,17H,4-5,10,14H2,1-3H3,(H2,25,28)/b19-12-. The third-order valence-corrected chi connectivity index (χ3v) is 5.56. The second kappa shape index (κ2) is 8.87. The number of hydrogen-bond donors (Lipinski definition) is 1. The number of likely N-dealkylation sites (tertiary alicyclic amines) is 1. The summed E-state index contributed by atoms with van der Waals surface area (Å²) >= 11 is 0. The predicted octanol–water partition coefficient (Wildman–Crippen LogP) is 2.73. The summed E-state index contributed by atoms with van der Waals surface area (Å²) in [6.07, 6.45) is 3.00. The van der Waals surface area contributed by atoms with E-state index in [2.05, 4.69) is 4.57 Å². The number of carbonyl (C=O) groups is 2. The first kappa shape index (κ1) is 21.2. The first-order chi connectivity index (χ1) is 14.3. The number of nitrogens with two attached hydrogens (primary N) is 1. The van der Waals surface area contributed by atoms with Gasteiger partial charge in [0, 0.05) is 30.2 Å². The van der Waals surface area contributed by atoms with E-state index >= 15 is 0 Å². The number of nitrogens with zero attached hydrogens (tertiary/aromatic N) is 3. The van der Waals surface area contributed by atoms with Gasteiger partial charge in [-0.05, 0) is 68.7 Å². The van der Waals surface area contributed by atoms with Crippen molar-refractivity contribution in [1.29, 1.82) is 5.26 Å². The van der Waals surface area contributed by atoms with Crippen LogP contribution in [0.15, 0.2) is 35.9 Å². The van der Waals surface area contributed by atoms with Crippen LogP contribution < -0.4 is 10.5 Å². The Labute approximate surface area is 176 Å². The largest absolute Gasteiger partial charge is 0.497 e. The molecule has 7 heteroatoms. The molecule has 1 aromatic heterocycles. The van der Waals surface area contributed by atoms with Gasteiger partial charge in [-0.25, -0.2) is 0 Å². The lowest BCUT2D eigenvalue weighted by atomic mass is 9.97. The van der Waals surface area contributed by atoms with Crippen LogP contribution in [0.3, 0.4) is 0 Å². The van der Waals surface area contributed by atoms with E-state index in [0.717, 1.165) is 28.4 Å². The van der Waals surface area contributed by atoms with Crippen LogP contribution in [0.5, 0.6) is 5.75 Å². The number of aromatic nitrogens is 1. The number of carbonyl (C=O) groups excluding carboxylic acids is 2. The number of amides is 2. The Morgan fingerprint density at radius 2 is 1.97 bits per heavy atom. The lowest BCUT2D eigenvalue weighted by Gasteiger charge is -2.31. The van der Waals surface area contributed by atoms with Gasteiger partial charge in [-0.15, -0.1) is 0 Å². The van der Waals surface area contributed by atoms with Gasteiger partial charge in [0.1, 0.15) is 17.4 Å². The molecule has 0 radical (unpaired) electrons. The van der Waals surface area contributed by atoms with E-state index in [0.29, 0.717) is 19.4 Å². The average molecular weight is 406 g/mol. The van der Waals surface area contributed by atoms with E-state index < -0.39 is 5.91 Å². The molecule has 1 unspecified atom stereocenters. The van der Waals surface area contributed by atoms with Crippen LogP contribution in [-0.2, 0) is 9.59 Å². The van der Waals surface area contributed by atoms with Gasteiger partial charge < -0.3 is 19.9 Å². The maximum absolute atomic E-state index is 12.9. The number of ether oxygens (including phenoxy) is 1. The molecule has 2 N–H and O–H groups in total. The van der Waals surface area contributed by atoms with E-state index in [1.807, 2.05) is 50.2 Å². The lowest BCUT2D eigenvalue weighted by molar-refractivity contribution is -0.131. The molecular formula is C23H26N4O3. The van der Waals surface area contributed by atoms with Crippen molar-refractivity contribution in [3.05, 3.63) is 52.9 Å². The van der Waals surface area contributed by atoms with Crippen LogP contribution in [0, 0.1) is 31.1 Å². The Morgan fingerprint density at radius 1 is 1.27 bits per heavy atom. The molecule has 3 rings (SSSR count). The molecule has 0 aliphatic carbocycles. The van der Waals surface area contributed by atoms with Crippen molar-refractivity contribution in [3.63, 3.8) is 0 Å². The Hall–Kier alpha value is -3.53. The molecule has 1 fully saturated rings. The van der Waals surface area contributed by atoms with E-state index in [1.54, 1.807) is 18.1 Å².